The predicted molar refractivity (Wildman–Crippen MR) is 79.8 cm³/mol. The summed E-state index contributed by atoms with van der Waals surface area (Å²) in [7, 11) is -2.16. The van der Waals surface area contributed by atoms with Gasteiger partial charge in [-0.15, -0.1) is 0 Å². The number of carbonyl (C=O) groups is 1. The van der Waals surface area contributed by atoms with Gasteiger partial charge in [-0.05, 0) is 24.6 Å². The molecule has 1 aliphatic heterocycles. The van der Waals surface area contributed by atoms with Gasteiger partial charge >= 0.3 is 5.97 Å². The molecule has 5 nitrogen and oxygen atoms in total. The van der Waals surface area contributed by atoms with Crippen LogP contribution in [0.5, 0.6) is 0 Å². The number of carbonyl (C=O) groups excluding carboxylic acids is 1. The second kappa shape index (κ2) is 5.84. The number of esters is 1. The van der Waals surface area contributed by atoms with Crippen LogP contribution in [0.2, 0.25) is 0 Å². The summed E-state index contributed by atoms with van der Waals surface area (Å²) in [4.78, 5) is 13.2. The molecule has 1 aliphatic rings. The van der Waals surface area contributed by atoms with E-state index in [1.54, 1.807) is 4.90 Å². The fourth-order valence-corrected chi connectivity index (χ4v) is 3.53. The summed E-state index contributed by atoms with van der Waals surface area (Å²) in [6.07, 6.45) is 1.53. The summed E-state index contributed by atoms with van der Waals surface area (Å²) in [5.74, 6) is -1.47. The van der Waals surface area contributed by atoms with Gasteiger partial charge in [0.05, 0.1) is 29.0 Å². The first-order valence-corrected chi connectivity index (χ1v) is 8.68. The van der Waals surface area contributed by atoms with E-state index in [1.165, 1.54) is 19.2 Å². The third kappa shape index (κ3) is 3.16. The van der Waals surface area contributed by atoms with E-state index in [0.29, 0.717) is 13.0 Å². The van der Waals surface area contributed by atoms with Gasteiger partial charge in [-0.2, -0.15) is 12.6 Å². The molecule has 21 heavy (non-hydrogen) atoms. The number of methoxy groups -OCH3 is 1. The number of ether oxygens (including phenoxy) is 1. The van der Waals surface area contributed by atoms with Crippen molar-refractivity contribution in [3.8, 4) is 0 Å². The molecule has 0 spiro atoms. The average molecular weight is 333 g/mol. The molecule has 1 aromatic rings. The molecule has 116 valence electrons. The SMILES string of the molecule is COC(=O)C1CCN(c2ccc(S(C)(=O)=O)cc2F)C1S. The normalized spacial score (nSPS) is 22.4. The van der Waals surface area contributed by atoms with Gasteiger partial charge in [-0.25, -0.2) is 12.8 Å². The van der Waals surface area contributed by atoms with E-state index in [0.717, 1.165) is 12.3 Å². The lowest BCUT2D eigenvalue weighted by Gasteiger charge is -2.25. The lowest BCUT2D eigenvalue weighted by Crippen LogP contribution is -2.32. The molecular weight excluding hydrogens is 317 g/mol. The number of nitrogens with zero attached hydrogens (tertiary/aromatic N) is 1. The third-order valence-electron chi connectivity index (χ3n) is 3.52. The summed E-state index contributed by atoms with van der Waals surface area (Å²) in [6.45, 7) is 0.447. The van der Waals surface area contributed by atoms with Crippen LogP contribution >= 0.6 is 12.6 Å². The molecule has 2 rings (SSSR count). The number of hydrogen-bond acceptors (Lipinski definition) is 6. The van der Waals surface area contributed by atoms with Crippen LogP contribution in [0.3, 0.4) is 0 Å². The van der Waals surface area contributed by atoms with Crippen LogP contribution in [0.1, 0.15) is 6.42 Å². The van der Waals surface area contributed by atoms with Crippen molar-refractivity contribution in [2.75, 3.05) is 24.8 Å². The van der Waals surface area contributed by atoms with Gasteiger partial charge < -0.3 is 9.64 Å². The fraction of sp³-hybridized carbons (Fsp3) is 0.462. The number of thiol groups is 1. The fourth-order valence-electron chi connectivity index (χ4n) is 2.38. The highest BCUT2D eigenvalue weighted by molar-refractivity contribution is 7.90. The minimum atomic E-state index is -3.46. The molecule has 0 aliphatic carbocycles. The zero-order valence-electron chi connectivity index (χ0n) is 11.6. The first-order chi connectivity index (χ1) is 9.75. The minimum Gasteiger partial charge on any atom is -0.469 e. The Morgan fingerprint density at radius 2 is 2.14 bits per heavy atom. The Morgan fingerprint density at radius 3 is 2.67 bits per heavy atom. The van der Waals surface area contributed by atoms with E-state index >= 15 is 0 Å². The van der Waals surface area contributed by atoms with Crippen molar-refractivity contribution in [3.05, 3.63) is 24.0 Å². The van der Waals surface area contributed by atoms with Gasteiger partial charge in [-0.1, -0.05) is 0 Å². The molecule has 1 heterocycles. The zero-order valence-corrected chi connectivity index (χ0v) is 13.3. The van der Waals surface area contributed by atoms with Crippen molar-refractivity contribution >= 4 is 34.1 Å². The van der Waals surface area contributed by atoms with Crippen molar-refractivity contribution in [1.82, 2.24) is 0 Å². The van der Waals surface area contributed by atoms with Crippen molar-refractivity contribution in [3.63, 3.8) is 0 Å². The Morgan fingerprint density at radius 1 is 1.48 bits per heavy atom. The highest BCUT2D eigenvalue weighted by Gasteiger charge is 2.38. The van der Waals surface area contributed by atoms with E-state index < -0.39 is 26.9 Å². The number of hydrogen-bond donors (Lipinski definition) is 1. The molecule has 0 aromatic heterocycles. The molecule has 1 saturated heterocycles. The highest BCUT2D eigenvalue weighted by Crippen LogP contribution is 2.34. The zero-order chi connectivity index (χ0) is 15.8. The third-order valence-corrected chi connectivity index (χ3v) is 5.27. The molecule has 0 amide bonds. The first kappa shape index (κ1) is 16.1. The number of sulfone groups is 1. The molecule has 0 radical (unpaired) electrons. The molecule has 1 aromatic carbocycles. The standard InChI is InChI=1S/C13H16FNO4S2/c1-19-13(16)9-5-6-15(12(9)20)11-4-3-8(7-10(11)14)21(2,17)18/h3-4,7,9,12,20H,5-6H2,1-2H3. The average Bonchev–Trinajstić information content (AvgIpc) is 2.78. The van der Waals surface area contributed by atoms with Gasteiger partial charge in [0.1, 0.15) is 5.82 Å². The van der Waals surface area contributed by atoms with Gasteiger partial charge in [0.2, 0.25) is 0 Å². The Hall–Kier alpha value is -1.28. The van der Waals surface area contributed by atoms with Crippen LogP contribution in [0.4, 0.5) is 10.1 Å². The second-order valence-electron chi connectivity index (χ2n) is 4.91. The minimum absolute atomic E-state index is 0.0804. The predicted octanol–water partition coefficient (Wildman–Crippen LogP) is 1.48. The van der Waals surface area contributed by atoms with Crippen LogP contribution in [0.15, 0.2) is 23.1 Å². The second-order valence-corrected chi connectivity index (χ2v) is 7.46. The topological polar surface area (TPSA) is 63.7 Å². The van der Waals surface area contributed by atoms with Gasteiger partial charge in [0.25, 0.3) is 0 Å². The largest absolute Gasteiger partial charge is 0.469 e. The smallest absolute Gasteiger partial charge is 0.311 e. The number of benzene rings is 1. The molecular formula is C13H16FNO4S2. The van der Waals surface area contributed by atoms with Crippen LogP contribution in [-0.4, -0.2) is 39.7 Å². The van der Waals surface area contributed by atoms with E-state index in [9.17, 15) is 17.6 Å². The van der Waals surface area contributed by atoms with E-state index in [1.807, 2.05) is 0 Å². The van der Waals surface area contributed by atoms with Crippen molar-refractivity contribution in [1.29, 1.82) is 0 Å². The van der Waals surface area contributed by atoms with Crippen LogP contribution in [0.25, 0.3) is 0 Å². The van der Waals surface area contributed by atoms with Crippen LogP contribution in [0, 0.1) is 11.7 Å². The molecule has 0 N–H and O–H groups in total. The quantitative estimate of drug-likeness (QED) is 0.671. The lowest BCUT2D eigenvalue weighted by molar-refractivity contribution is -0.144. The monoisotopic (exact) mass is 333 g/mol. The van der Waals surface area contributed by atoms with Gasteiger partial charge in [0.15, 0.2) is 9.84 Å². The maximum atomic E-state index is 14.2. The van der Waals surface area contributed by atoms with E-state index in [4.69, 9.17) is 4.74 Å². The maximum Gasteiger partial charge on any atom is 0.311 e. The number of anilines is 1. The Labute approximate surface area is 128 Å². The maximum absolute atomic E-state index is 14.2. The summed E-state index contributed by atoms with van der Waals surface area (Å²) in [5, 5.41) is -0.504. The summed E-state index contributed by atoms with van der Waals surface area (Å²) in [5.41, 5.74) is 0.230. The molecule has 1 fully saturated rings. The Bertz CT molecular complexity index is 662. The molecule has 8 heteroatoms. The lowest BCUT2D eigenvalue weighted by atomic mass is 10.1. The van der Waals surface area contributed by atoms with Crippen molar-refractivity contribution in [2.45, 2.75) is 16.7 Å². The highest BCUT2D eigenvalue weighted by atomic mass is 32.2. The Balaban J connectivity index is 2.30. The first-order valence-electron chi connectivity index (χ1n) is 6.28. The molecule has 2 unspecified atom stereocenters. The summed E-state index contributed by atoms with van der Waals surface area (Å²) >= 11 is 4.36. The summed E-state index contributed by atoms with van der Waals surface area (Å²) in [6, 6.07) is 3.73. The molecule has 0 saturated carbocycles. The van der Waals surface area contributed by atoms with Crippen LogP contribution in [-0.2, 0) is 19.4 Å². The number of rotatable bonds is 3. The van der Waals surface area contributed by atoms with Gasteiger partial charge in [0, 0.05) is 12.8 Å². The van der Waals surface area contributed by atoms with E-state index in [2.05, 4.69) is 12.6 Å². The van der Waals surface area contributed by atoms with Crippen molar-refractivity contribution < 1.29 is 22.3 Å². The van der Waals surface area contributed by atoms with E-state index in [-0.39, 0.29) is 16.6 Å². The summed E-state index contributed by atoms with van der Waals surface area (Å²) < 4.78 is 41.7. The molecule has 0 bridgehead atoms. The van der Waals surface area contributed by atoms with Crippen LogP contribution < -0.4 is 4.90 Å². The number of halogens is 1. The van der Waals surface area contributed by atoms with Gasteiger partial charge in [-0.3, -0.25) is 4.79 Å². The van der Waals surface area contributed by atoms with Crippen molar-refractivity contribution in [2.24, 2.45) is 5.92 Å². The molecule has 2 atom stereocenters. The Kier molecular flexibility index (Phi) is 4.48.